The highest BCUT2D eigenvalue weighted by Crippen LogP contribution is 2.31. The fraction of sp³-hybridized carbons (Fsp3) is 0.333. The number of methoxy groups -OCH3 is 3. The predicted molar refractivity (Wildman–Crippen MR) is 147 cm³/mol. The van der Waals surface area contributed by atoms with E-state index in [2.05, 4.69) is 5.32 Å². The van der Waals surface area contributed by atoms with Gasteiger partial charge in [0.25, 0.3) is 11.8 Å². The minimum absolute atomic E-state index is 0.0606. The van der Waals surface area contributed by atoms with E-state index in [0.717, 1.165) is 31.2 Å². The van der Waals surface area contributed by atoms with Gasteiger partial charge in [0, 0.05) is 35.4 Å². The Labute approximate surface area is 223 Å². The normalized spacial score (nSPS) is 16.8. The lowest BCUT2D eigenvalue weighted by atomic mass is 9.90. The van der Waals surface area contributed by atoms with E-state index >= 15 is 0 Å². The molecule has 1 aliphatic carbocycles. The lowest BCUT2D eigenvalue weighted by Gasteiger charge is -2.36. The van der Waals surface area contributed by atoms with Crippen molar-refractivity contribution in [3.05, 3.63) is 83.4 Å². The average Bonchev–Trinajstić information content (AvgIpc) is 2.96. The van der Waals surface area contributed by atoms with Gasteiger partial charge in [0.05, 0.1) is 21.3 Å². The standard InChI is InChI=1S/C30H35N3O5/c1-36-26-9-5-7-21(17-26)29(34)32-24-8-4-6-20(16-24)19-33(25-13-11-23(31)12-14-25)30(35)22-10-15-27(37-2)28(18-22)38-3/h4-10,15-18,23,25H,11-14,19,31H2,1-3H3,(H,32,34). The second-order valence-electron chi connectivity index (χ2n) is 9.46. The smallest absolute Gasteiger partial charge is 0.255 e. The van der Waals surface area contributed by atoms with Crippen LogP contribution in [-0.2, 0) is 6.54 Å². The van der Waals surface area contributed by atoms with E-state index in [1.165, 1.54) is 0 Å². The summed E-state index contributed by atoms with van der Waals surface area (Å²) in [6.07, 6.45) is 3.42. The molecule has 38 heavy (non-hydrogen) atoms. The molecule has 3 N–H and O–H groups in total. The maximum atomic E-state index is 13.8. The predicted octanol–water partition coefficient (Wildman–Crippen LogP) is 4.88. The molecule has 0 atom stereocenters. The molecule has 1 saturated carbocycles. The van der Waals surface area contributed by atoms with Gasteiger partial charge in [0.2, 0.25) is 0 Å². The third kappa shape index (κ3) is 6.44. The summed E-state index contributed by atoms with van der Waals surface area (Å²) in [6.45, 7) is 0.399. The van der Waals surface area contributed by atoms with Crippen molar-refractivity contribution in [1.29, 1.82) is 0 Å². The first kappa shape index (κ1) is 27.0. The van der Waals surface area contributed by atoms with Crippen molar-refractivity contribution in [3.8, 4) is 17.2 Å². The van der Waals surface area contributed by atoms with Crippen LogP contribution in [0.1, 0.15) is 52.0 Å². The quantitative estimate of drug-likeness (QED) is 0.420. The molecule has 0 radical (unpaired) electrons. The molecule has 1 fully saturated rings. The molecular weight excluding hydrogens is 482 g/mol. The van der Waals surface area contributed by atoms with Gasteiger partial charge in [0.15, 0.2) is 11.5 Å². The molecule has 0 saturated heterocycles. The first-order valence-electron chi connectivity index (χ1n) is 12.7. The maximum Gasteiger partial charge on any atom is 0.255 e. The number of nitrogens with zero attached hydrogens (tertiary/aromatic N) is 1. The van der Waals surface area contributed by atoms with Crippen molar-refractivity contribution in [1.82, 2.24) is 4.90 Å². The summed E-state index contributed by atoms with van der Waals surface area (Å²) in [7, 11) is 4.68. The summed E-state index contributed by atoms with van der Waals surface area (Å²) in [5.74, 6) is 1.37. The van der Waals surface area contributed by atoms with Crippen molar-refractivity contribution >= 4 is 17.5 Å². The maximum absolute atomic E-state index is 13.8. The average molecular weight is 518 g/mol. The van der Waals surface area contributed by atoms with Crippen LogP contribution in [-0.4, -0.2) is 50.1 Å². The van der Waals surface area contributed by atoms with Gasteiger partial charge in [-0.2, -0.15) is 0 Å². The Bertz CT molecular complexity index is 1270. The lowest BCUT2D eigenvalue weighted by Crippen LogP contribution is -2.43. The monoisotopic (exact) mass is 517 g/mol. The number of anilines is 1. The van der Waals surface area contributed by atoms with Crippen molar-refractivity contribution in [3.63, 3.8) is 0 Å². The topological polar surface area (TPSA) is 103 Å². The zero-order chi connectivity index (χ0) is 27.1. The molecule has 0 aromatic heterocycles. The van der Waals surface area contributed by atoms with Gasteiger partial charge < -0.3 is 30.2 Å². The second kappa shape index (κ2) is 12.5. The van der Waals surface area contributed by atoms with Crippen molar-refractivity contribution < 1.29 is 23.8 Å². The summed E-state index contributed by atoms with van der Waals surface area (Å²) in [5.41, 5.74) is 8.75. The highest BCUT2D eigenvalue weighted by molar-refractivity contribution is 6.04. The molecule has 3 aromatic carbocycles. The van der Waals surface area contributed by atoms with Crippen LogP contribution in [0.5, 0.6) is 17.2 Å². The van der Waals surface area contributed by atoms with Gasteiger partial charge >= 0.3 is 0 Å². The molecular formula is C30H35N3O5. The minimum Gasteiger partial charge on any atom is -0.497 e. The van der Waals surface area contributed by atoms with Gasteiger partial charge in [-0.3, -0.25) is 9.59 Å². The van der Waals surface area contributed by atoms with Crippen LogP contribution in [0.15, 0.2) is 66.7 Å². The number of hydrogen-bond donors (Lipinski definition) is 2. The number of benzene rings is 3. The number of nitrogens with two attached hydrogens (primary N) is 1. The van der Waals surface area contributed by atoms with Gasteiger partial charge in [-0.15, -0.1) is 0 Å². The fourth-order valence-electron chi connectivity index (χ4n) is 4.83. The molecule has 4 rings (SSSR count). The number of amides is 2. The van der Waals surface area contributed by atoms with Gasteiger partial charge in [0.1, 0.15) is 5.75 Å². The Hall–Kier alpha value is -4.04. The van der Waals surface area contributed by atoms with E-state index in [-0.39, 0.29) is 23.9 Å². The number of carbonyl (C=O) groups is 2. The number of nitrogens with one attached hydrogen (secondary N) is 1. The fourth-order valence-corrected chi connectivity index (χ4v) is 4.83. The zero-order valence-corrected chi connectivity index (χ0v) is 22.1. The summed E-state index contributed by atoms with van der Waals surface area (Å²) < 4.78 is 16.0. The van der Waals surface area contributed by atoms with Crippen LogP contribution < -0.4 is 25.3 Å². The zero-order valence-electron chi connectivity index (χ0n) is 22.1. The highest BCUT2D eigenvalue weighted by Gasteiger charge is 2.29. The SMILES string of the molecule is COc1cccc(C(=O)Nc2cccc(CN(C(=O)c3ccc(OC)c(OC)c3)C3CCC(N)CC3)c2)c1. The Morgan fingerprint density at radius 2 is 1.58 bits per heavy atom. The van der Waals surface area contributed by atoms with Gasteiger partial charge in [-0.25, -0.2) is 0 Å². The first-order valence-corrected chi connectivity index (χ1v) is 12.7. The Morgan fingerprint density at radius 3 is 2.29 bits per heavy atom. The molecule has 200 valence electrons. The third-order valence-corrected chi connectivity index (χ3v) is 6.94. The summed E-state index contributed by atoms with van der Waals surface area (Å²) in [6, 6.07) is 20.0. The number of ether oxygens (including phenoxy) is 3. The Morgan fingerprint density at radius 1 is 0.842 bits per heavy atom. The first-order chi connectivity index (χ1) is 18.4. The van der Waals surface area contributed by atoms with Gasteiger partial charge in [-0.05, 0) is 79.8 Å². The molecule has 8 nitrogen and oxygen atoms in total. The van der Waals surface area contributed by atoms with Crippen LogP contribution in [0.2, 0.25) is 0 Å². The van der Waals surface area contributed by atoms with E-state index in [1.54, 1.807) is 63.8 Å². The summed E-state index contributed by atoms with van der Waals surface area (Å²) in [4.78, 5) is 28.6. The largest absolute Gasteiger partial charge is 0.497 e. The molecule has 0 unspecified atom stereocenters. The lowest BCUT2D eigenvalue weighted by molar-refractivity contribution is 0.0606. The van der Waals surface area contributed by atoms with E-state index in [1.807, 2.05) is 29.2 Å². The molecule has 3 aromatic rings. The third-order valence-electron chi connectivity index (χ3n) is 6.94. The summed E-state index contributed by atoms with van der Waals surface area (Å²) in [5, 5.41) is 2.95. The Balaban J connectivity index is 1.57. The number of hydrogen-bond acceptors (Lipinski definition) is 6. The number of carbonyl (C=O) groups excluding carboxylic acids is 2. The molecule has 0 heterocycles. The van der Waals surface area contributed by atoms with Crippen molar-refractivity contribution in [2.75, 3.05) is 26.6 Å². The molecule has 0 aliphatic heterocycles. The van der Waals surface area contributed by atoms with Crippen LogP contribution in [0.4, 0.5) is 5.69 Å². The van der Waals surface area contributed by atoms with Crippen molar-refractivity contribution in [2.24, 2.45) is 5.73 Å². The molecule has 1 aliphatic rings. The van der Waals surface area contributed by atoms with E-state index in [0.29, 0.717) is 40.6 Å². The minimum atomic E-state index is -0.236. The van der Waals surface area contributed by atoms with E-state index in [4.69, 9.17) is 19.9 Å². The molecule has 0 bridgehead atoms. The van der Waals surface area contributed by atoms with E-state index < -0.39 is 0 Å². The molecule has 2 amide bonds. The Kier molecular flexibility index (Phi) is 8.86. The van der Waals surface area contributed by atoms with Crippen molar-refractivity contribution in [2.45, 2.75) is 44.3 Å². The van der Waals surface area contributed by atoms with Crippen LogP contribution in [0, 0.1) is 0 Å². The van der Waals surface area contributed by atoms with Crippen LogP contribution >= 0.6 is 0 Å². The number of rotatable bonds is 9. The van der Waals surface area contributed by atoms with Crippen LogP contribution in [0.3, 0.4) is 0 Å². The highest BCUT2D eigenvalue weighted by atomic mass is 16.5. The van der Waals surface area contributed by atoms with Gasteiger partial charge in [-0.1, -0.05) is 18.2 Å². The van der Waals surface area contributed by atoms with Crippen LogP contribution in [0.25, 0.3) is 0 Å². The molecule has 0 spiro atoms. The summed E-state index contributed by atoms with van der Waals surface area (Å²) >= 11 is 0. The van der Waals surface area contributed by atoms with E-state index in [9.17, 15) is 9.59 Å². The second-order valence-corrected chi connectivity index (χ2v) is 9.46. The molecule has 8 heteroatoms.